The first-order chi connectivity index (χ1) is 7.88. The van der Waals surface area contributed by atoms with E-state index in [-0.39, 0.29) is 6.04 Å². The van der Waals surface area contributed by atoms with E-state index >= 15 is 0 Å². The molecule has 0 aliphatic rings. The summed E-state index contributed by atoms with van der Waals surface area (Å²) in [5.41, 5.74) is 5.51. The molecule has 1 heterocycles. The number of rotatable bonds is 4. The van der Waals surface area contributed by atoms with Crippen molar-refractivity contribution in [2.45, 2.75) is 38.8 Å². The predicted octanol–water partition coefficient (Wildman–Crippen LogP) is 2.66. The van der Waals surface area contributed by atoms with E-state index in [2.05, 4.69) is 5.32 Å². The lowest BCUT2D eigenvalue weighted by molar-refractivity contribution is 0.0526. The number of carbonyl (C=O) groups is 1. The third-order valence-corrected chi connectivity index (χ3v) is 3.04. The first-order valence-electron chi connectivity index (χ1n) is 5.64. The summed E-state index contributed by atoms with van der Waals surface area (Å²) in [4.78, 5) is 12.5. The molecule has 1 amide bonds. The molecule has 3 N–H and O–H groups in total. The Hall–Kier alpha value is -1.07. The Morgan fingerprint density at radius 2 is 2.29 bits per heavy atom. The van der Waals surface area contributed by atoms with Crippen molar-refractivity contribution in [2.75, 3.05) is 6.54 Å². The molecule has 0 bridgehead atoms. The molecule has 0 saturated carbocycles. The molecule has 0 radical (unpaired) electrons. The lowest BCUT2D eigenvalue weighted by Crippen LogP contribution is -2.33. The topological polar surface area (TPSA) is 64.3 Å². The average molecular weight is 256 g/mol. The number of nitrogens with two attached hydrogens (primary N) is 1. The summed E-state index contributed by atoms with van der Waals surface area (Å²) in [6.07, 6.45) is 0.315. The van der Waals surface area contributed by atoms with Gasteiger partial charge >= 0.3 is 6.09 Å². The van der Waals surface area contributed by atoms with Gasteiger partial charge in [0.2, 0.25) is 0 Å². The molecule has 96 valence electrons. The van der Waals surface area contributed by atoms with Gasteiger partial charge in [0.05, 0.1) is 0 Å². The summed E-state index contributed by atoms with van der Waals surface area (Å²) < 4.78 is 5.12. The Balaban J connectivity index is 2.22. The Morgan fingerprint density at radius 1 is 1.59 bits per heavy atom. The van der Waals surface area contributed by atoms with Crippen molar-refractivity contribution in [2.24, 2.45) is 5.73 Å². The molecule has 1 aromatic heterocycles. The van der Waals surface area contributed by atoms with E-state index in [1.165, 1.54) is 0 Å². The number of carbonyl (C=O) groups excluding carboxylic acids is 1. The van der Waals surface area contributed by atoms with E-state index in [0.29, 0.717) is 13.0 Å². The van der Waals surface area contributed by atoms with Crippen LogP contribution < -0.4 is 11.1 Å². The number of alkyl carbamates (subject to hydrolysis) is 1. The Morgan fingerprint density at radius 3 is 2.82 bits per heavy atom. The zero-order valence-electron chi connectivity index (χ0n) is 10.5. The van der Waals surface area contributed by atoms with Crippen LogP contribution >= 0.6 is 11.3 Å². The Bertz CT molecular complexity index is 344. The van der Waals surface area contributed by atoms with Crippen molar-refractivity contribution in [1.82, 2.24) is 5.32 Å². The van der Waals surface area contributed by atoms with Gasteiger partial charge in [0.15, 0.2) is 0 Å². The van der Waals surface area contributed by atoms with Crippen LogP contribution in [0.15, 0.2) is 17.5 Å². The third-order valence-electron chi connectivity index (χ3n) is 2.03. The second kappa shape index (κ2) is 6.02. The molecule has 0 aliphatic heterocycles. The fourth-order valence-electron chi connectivity index (χ4n) is 1.29. The third kappa shape index (κ3) is 5.70. The molecular formula is C12H20N2O2S. The molecule has 1 aromatic rings. The van der Waals surface area contributed by atoms with Crippen LogP contribution in [0.5, 0.6) is 0 Å². The smallest absolute Gasteiger partial charge is 0.407 e. The fraction of sp³-hybridized carbons (Fsp3) is 0.583. The number of nitrogens with one attached hydrogen (secondary N) is 1. The summed E-state index contributed by atoms with van der Waals surface area (Å²) in [5, 5.41) is 4.69. The summed E-state index contributed by atoms with van der Waals surface area (Å²) in [5.74, 6) is 0. The maximum Gasteiger partial charge on any atom is 0.407 e. The van der Waals surface area contributed by atoms with Crippen LogP contribution in [-0.2, 0) is 4.74 Å². The van der Waals surface area contributed by atoms with Crippen molar-refractivity contribution in [3.05, 3.63) is 22.4 Å². The first kappa shape index (κ1) is 14.0. The minimum absolute atomic E-state index is 0.0232. The molecule has 0 fully saturated rings. The standard InChI is InChI=1S/C12H20N2O2S/c1-12(2,3)16-11(15)14-7-6-9(13)10-5-4-8-17-10/h4-5,8-9H,6-7,13H2,1-3H3,(H,14,15). The zero-order valence-corrected chi connectivity index (χ0v) is 11.3. The van der Waals surface area contributed by atoms with Gasteiger partial charge in [-0.1, -0.05) is 6.07 Å². The van der Waals surface area contributed by atoms with Crippen LogP contribution in [0, 0.1) is 0 Å². The van der Waals surface area contributed by atoms with Gasteiger partial charge in [0, 0.05) is 17.5 Å². The van der Waals surface area contributed by atoms with Gasteiger partial charge in [-0.05, 0) is 38.6 Å². The second-order valence-corrected chi connectivity index (χ2v) is 5.82. The van der Waals surface area contributed by atoms with Gasteiger partial charge in [-0.3, -0.25) is 0 Å². The van der Waals surface area contributed by atoms with E-state index in [0.717, 1.165) is 4.88 Å². The molecule has 5 heteroatoms. The molecule has 1 atom stereocenters. The van der Waals surface area contributed by atoms with Crippen LogP contribution in [0.2, 0.25) is 0 Å². The monoisotopic (exact) mass is 256 g/mol. The highest BCUT2D eigenvalue weighted by atomic mass is 32.1. The van der Waals surface area contributed by atoms with Gasteiger partial charge in [0.1, 0.15) is 5.60 Å². The largest absolute Gasteiger partial charge is 0.444 e. The van der Waals surface area contributed by atoms with Crippen LogP contribution in [0.1, 0.15) is 38.1 Å². The minimum Gasteiger partial charge on any atom is -0.444 e. The lowest BCUT2D eigenvalue weighted by atomic mass is 10.2. The van der Waals surface area contributed by atoms with Crippen molar-refractivity contribution in [3.8, 4) is 0 Å². The molecule has 1 rings (SSSR count). The maximum absolute atomic E-state index is 11.4. The molecule has 0 spiro atoms. The quantitative estimate of drug-likeness (QED) is 0.870. The minimum atomic E-state index is -0.458. The number of hydrogen-bond donors (Lipinski definition) is 2. The molecule has 0 aromatic carbocycles. The van der Waals surface area contributed by atoms with Crippen LogP contribution in [0.4, 0.5) is 4.79 Å². The average Bonchev–Trinajstić information content (AvgIpc) is 2.66. The molecule has 4 nitrogen and oxygen atoms in total. The maximum atomic E-state index is 11.4. The van der Waals surface area contributed by atoms with Crippen molar-refractivity contribution in [1.29, 1.82) is 0 Å². The predicted molar refractivity (Wildman–Crippen MR) is 70.1 cm³/mol. The van der Waals surface area contributed by atoms with Crippen LogP contribution in [-0.4, -0.2) is 18.2 Å². The van der Waals surface area contributed by atoms with Crippen molar-refractivity contribution in [3.63, 3.8) is 0 Å². The molecule has 0 saturated heterocycles. The fourth-order valence-corrected chi connectivity index (χ4v) is 2.05. The highest BCUT2D eigenvalue weighted by molar-refractivity contribution is 7.10. The summed E-state index contributed by atoms with van der Waals surface area (Å²) in [7, 11) is 0. The van der Waals surface area contributed by atoms with E-state index < -0.39 is 11.7 Å². The molecule has 17 heavy (non-hydrogen) atoms. The van der Waals surface area contributed by atoms with Crippen molar-refractivity contribution >= 4 is 17.4 Å². The number of hydrogen-bond acceptors (Lipinski definition) is 4. The SMILES string of the molecule is CC(C)(C)OC(=O)NCCC(N)c1cccs1. The van der Waals surface area contributed by atoms with Gasteiger partial charge in [-0.15, -0.1) is 11.3 Å². The molecular weight excluding hydrogens is 236 g/mol. The van der Waals surface area contributed by atoms with Gasteiger partial charge in [-0.2, -0.15) is 0 Å². The second-order valence-electron chi connectivity index (χ2n) is 4.84. The van der Waals surface area contributed by atoms with Gasteiger partial charge < -0.3 is 15.8 Å². The van der Waals surface area contributed by atoms with Gasteiger partial charge in [0.25, 0.3) is 0 Å². The Labute approximate surface area is 106 Å². The number of amides is 1. The molecule has 1 unspecified atom stereocenters. The lowest BCUT2D eigenvalue weighted by Gasteiger charge is -2.20. The molecule has 0 aliphatic carbocycles. The van der Waals surface area contributed by atoms with E-state index in [1.807, 2.05) is 38.3 Å². The summed E-state index contributed by atoms with van der Waals surface area (Å²) in [6.45, 7) is 6.03. The van der Waals surface area contributed by atoms with Crippen LogP contribution in [0.3, 0.4) is 0 Å². The first-order valence-corrected chi connectivity index (χ1v) is 6.52. The zero-order chi connectivity index (χ0) is 12.9. The van der Waals surface area contributed by atoms with Gasteiger partial charge in [-0.25, -0.2) is 4.79 Å². The van der Waals surface area contributed by atoms with E-state index in [9.17, 15) is 4.79 Å². The van der Waals surface area contributed by atoms with Crippen molar-refractivity contribution < 1.29 is 9.53 Å². The van der Waals surface area contributed by atoms with E-state index in [1.54, 1.807) is 11.3 Å². The van der Waals surface area contributed by atoms with Crippen LogP contribution in [0.25, 0.3) is 0 Å². The van der Waals surface area contributed by atoms with E-state index in [4.69, 9.17) is 10.5 Å². The normalized spacial score (nSPS) is 13.2. The Kier molecular flexibility index (Phi) is 4.96. The number of ether oxygens (including phenoxy) is 1. The number of thiophene rings is 1. The highest BCUT2D eigenvalue weighted by Crippen LogP contribution is 2.18. The summed E-state index contributed by atoms with van der Waals surface area (Å²) in [6, 6.07) is 3.95. The summed E-state index contributed by atoms with van der Waals surface area (Å²) >= 11 is 1.63. The highest BCUT2D eigenvalue weighted by Gasteiger charge is 2.16.